The molecule has 0 aliphatic carbocycles. The molecule has 0 unspecified atom stereocenters. The van der Waals surface area contributed by atoms with Crippen molar-refractivity contribution in [1.29, 1.82) is 0 Å². The van der Waals surface area contributed by atoms with Gasteiger partial charge in [0.05, 0.1) is 0 Å². The van der Waals surface area contributed by atoms with Gasteiger partial charge in [-0.2, -0.15) is 0 Å². The maximum absolute atomic E-state index is 10.2. The molecular formula is C5H12N2O. The van der Waals surface area contributed by atoms with Gasteiger partial charge in [-0.1, -0.05) is 0 Å². The molecule has 0 spiro atoms. The summed E-state index contributed by atoms with van der Waals surface area (Å²) < 4.78 is 0. The molecule has 48 valence electrons. The number of hydrogen-bond donors (Lipinski definition) is 2. The number of nitrogens with one attached hydrogen (secondary N) is 1. The van der Waals surface area contributed by atoms with Crippen molar-refractivity contribution in [3.63, 3.8) is 0 Å². The predicted octanol–water partition coefficient (Wildman–Crippen LogP) is -0.529. The van der Waals surface area contributed by atoms with E-state index in [0.717, 1.165) is 6.42 Å². The monoisotopic (exact) mass is 116 g/mol. The molecule has 8 heavy (non-hydrogen) atoms. The average Bonchev–Trinajstić information content (AvgIpc) is 1.66. The van der Waals surface area contributed by atoms with Crippen molar-refractivity contribution in [3.05, 3.63) is 0 Å². The molecule has 3 N–H and O–H groups in total. The molecule has 0 aromatic rings. The van der Waals surface area contributed by atoms with Gasteiger partial charge in [0.15, 0.2) is 0 Å². The van der Waals surface area contributed by atoms with Crippen LogP contribution in [0.5, 0.6) is 0 Å². The summed E-state index contributed by atoms with van der Waals surface area (Å²) >= 11 is 0. The van der Waals surface area contributed by atoms with Crippen molar-refractivity contribution in [2.75, 3.05) is 13.1 Å². The molecule has 0 atom stereocenters. The maximum Gasteiger partial charge on any atom is 0.216 e. The lowest BCUT2D eigenvalue weighted by Crippen LogP contribution is -2.22. The quantitative estimate of drug-likeness (QED) is 0.487. The standard InChI is InChI=1S/C5H12N2O/c1-5(8)7-4-2-3-6/h2-4,6H2,1H3,(H,7,8). The summed E-state index contributed by atoms with van der Waals surface area (Å²) in [6.45, 7) is 2.84. The van der Waals surface area contributed by atoms with Gasteiger partial charge in [-0.15, -0.1) is 0 Å². The number of rotatable bonds is 3. The number of hydrogen-bond acceptors (Lipinski definition) is 2. The average molecular weight is 116 g/mol. The third kappa shape index (κ3) is 5.43. The molecule has 0 fully saturated rings. The SMILES string of the molecule is CC(=O)NCCCN. The predicted molar refractivity (Wildman–Crippen MR) is 32.4 cm³/mol. The molecule has 0 aromatic carbocycles. The highest BCUT2D eigenvalue weighted by Gasteiger charge is 1.85. The van der Waals surface area contributed by atoms with Crippen molar-refractivity contribution in [2.24, 2.45) is 5.73 Å². The minimum atomic E-state index is 0.0125. The van der Waals surface area contributed by atoms with Gasteiger partial charge in [-0.3, -0.25) is 4.79 Å². The molecule has 0 saturated heterocycles. The topological polar surface area (TPSA) is 55.1 Å². The minimum Gasteiger partial charge on any atom is -0.356 e. The fourth-order valence-electron chi connectivity index (χ4n) is 0.366. The number of carbonyl (C=O) groups excluding carboxylic acids is 1. The summed E-state index contributed by atoms with van der Waals surface area (Å²) in [7, 11) is 0. The molecule has 0 radical (unpaired) electrons. The van der Waals surface area contributed by atoms with E-state index in [1.54, 1.807) is 0 Å². The summed E-state index contributed by atoms with van der Waals surface area (Å²) in [4.78, 5) is 10.2. The van der Waals surface area contributed by atoms with Crippen molar-refractivity contribution in [3.8, 4) is 0 Å². The molecule has 0 aliphatic rings. The summed E-state index contributed by atoms with van der Waals surface area (Å²) in [5.74, 6) is 0.0125. The van der Waals surface area contributed by atoms with E-state index in [9.17, 15) is 4.79 Å². The molecule has 0 bridgehead atoms. The van der Waals surface area contributed by atoms with Crippen molar-refractivity contribution in [1.82, 2.24) is 5.32 Å². The van der Waals surface area contributed by atoms with Gasteiger partial charge in [-0.05, 0) is 13.0 Å². The summed E-state index contributed by atoms with van der Waals surface area (Å²) in [5.41, 5.74) is 5.16. The fraction of sp³-hybridized carbons (Fsp3) is 0.800. The molecule has 0 aliphatic heterocycles. The van der Waals surface area contributed by atoms with Crippen molar-refractivity contribution < 1.29 is 4.79 Å². The van der Waals surface area contributed by atoms with E-state index in [1.807, 2.05) is 0 Å². The van der Waals surface area contributed by atoms with Crippen LogP contribution in [0.15, 0.2) is 0 Å². The van der Waals surface area contributed by atoms with Crippen molar-refractivity contribution >= 4 is 5.91 Å². The highest BCUT2D eigenvalue weighted by Crippen LogP contribution is 1.67. The molecule has 1 amide bonds. The van der Waals surface area contributed by atoms with Crippen LogP contribution in [0.3, 0.4) is 0 Å². The summed E-state index contributed by atoms with van der Waals surface area (Å²) in [6, 6.07) is 0. The third-order valence-corrected chi connectivity index (χ3v) is 0.755. The first kappa shape index (κ1) is 7.43. The Balaban J connectivity index is 2.82. The molecule has 3 heteroatoms. The van der Waals surface area contributed by atoms with Gasteiger partial charge in [-0.25, -0.2) is 0 Å². The zero-order valence-corrected chi connectivity index (χ0v) is 5.11. The second kappa shape index (κ2) is 4.59. The Hall–Kier alpha value is -0.570. The van der Waals surface area contributed by atoms with E-state index < -0.39 is 0 Å². The van der Waals surface area contributed by atoms with E-state index in [1.165, 1.54) is 6.92 Å². The van der Waals surface area contributed by atoms with E-state index in [2.05, 4.69) is 5.32 Å². The first-order valence-electron chi connectivity index (χ1n) is 2.72. The van der Waals surface area contributed by atoms with Gasteiger partial charge >= 0.3 is 0 Å². The van der Waals surface area contributed by atoms with Crippen LogP contribution >= 0.6 is 0 Å². The highest BCUT2D eigenvalue weighted by molar-refractivity contribution is 5.72. The normalized spacial score (nSPS) is 8.75. The Bertz CT molecular complexity index is 72.8. The van der Waals surface area contributed by atoms with E-state index in [4.69, 9.17) is 5.73 Å². The highest BCUT2D eigenvalue weighted by atomic mass is 16.1. The van der Waals surface area contributed by atoms with Crippen LogP contribution in [0, 0.1) is 0 Å². The smallest absolute Gasteiger partial charge is 0.216 e. The zero-order valence-electron chi connectivity index (χ0n) is 5.11. The Labute approximate surface area is 49.3 Å². The van der Waals surface area contributed by atoms with Gasteiger partial charge in [0, 0.05) is 13.5 Å². The van der Waals surface area contributed by atoms with E-state index >= 15 is 0 Å². The molecule has 0 saturated carbocycles. The van der Waals surface area contributed by atoms with Crippen LogP contribution in [-0.4, -0.2) is 19.0 Å². The lowest BCUT2D eigenvalue weighted by molar-refractivity contribution is -0.118. The van der Waals surface area contributed by atoms with Crippen LogP contribution < -0.4 is 11.1 Å². The van der Waals surface area contributed by atoms with E-state index in [-0.39, 0.29) is 5.91 Å². The zero-order chi connectivity index (χ0) is 6.41. The largest absolute Gasteiger partial charge is 0.356 e. The van der Waals surface area contributed by atoms with Crippen molar-refractivity contribution in [2.45, 2.75) is 13.3 Å². The third-order valence-electron chi connectivity index (χ3n) is 0.755. The Morgan fingerprint density at radius 1 is 1.75 bits per heavy atom. The molecule has 0 aromatic heterocycles. The first-order valence-corrected chi connectivity index (χ1v) is 2.72. The summed E-state index contributed by atoms with van der Waals surface area (Å²) in [6.07, 6.45) is 0.861. The van der Waals surface area contributed by atoms with Gasteiger partial charge in [0.25, 0.3) is 0 Å². The molecule has 0 heterocycles. The van der Waals surface area contributed by atoms with Crippen LogP contribution in [0.4, 0.5) is 0 Å². The summed E-state index contributed by atoms with van der Waals surface area (Å²) in [5, 5.41) is 2.63. The Kier molecular flexibility index (Phi) is 4.26. The second-order valence-electron chi connectivity index (χ2n) is 1.63. The van der Waals surface area contributed by atoms with Crippen LogP contribution in [0.1, 0.15) is 13.3 Å². The molecular weight excluding hydrogens is 104 g/mol. The molecule has 3 nitrogen and oxygen atoms in total. The van der Waals surface area contributed by atoms with E-state index in [0.29, 0.717) is 13.1 Å². The number of nitrogens with two attached hydrogens (primary N) is 1. The van der Waals surface area contributed by atoms with Gasteiger partial charge in [0.1, 0.15) is 0 Å². The first-order chi connectivity index (χ1) is 3.77. The fourth-order valence-corrected chi connectivity index (χ4v) is 0.366. The minimum absolute atomic E-state index is 0.0125. The number of amides is 1. The number of carbonyl (C=O) groups is 1. The molecule has 0 rings (SSSR count). The van der Waals surface area contributed by atoms with Crippen LogP contribution in [0.2, 0.25) is 0 Å². The van der Waals surface area contributed by atoms with Crippen LogP contribution in [-0.2, 0) is 4.79 Å². The van der Waals surface area contributed by atoms with Gasteiger partial charge < -0.3 is 11.1 Å². The van der Waals surface area contributed by atoms with Crippen LogP contribution in [0.25, 0.3) is 0 Å². The second-order valence-corrected chi connectivity index (χ2v) is 1.63. The maximum atomic E-state index is 10.2. The lowest BCUT2D eigenvalue weighted by Gasteiger charge is -1.96. The lowest BCUT2D eigenvalue weighted by atomic mass is 10.4. The Morgan fingerprint density at radius 3 is 2.75 bits per heavy atom. The Morgan fingerprint density at radius 2 is 2.38 bits per heavy atom. The van der Waals surface area contributed by atoms with Gasteiger partial charge in [0.2, 0.25) is 5.91 Å².